The molecular weight excluding hydrogens is 392 g/mol. The fourth-order valence-corrected chi connectivity index (χ4v) is 3.22. The number of aliphatic imine (C=N–C) groups is 1. The van der Waals surface area contributed by atoms with Crippen LogP contribution in [-0.4, -0.2) is 11.2 Å². The Balaban J connectivity index is 1.51. The van der Waals surface area contributed by atoms with E-state index in [2.05, 4.69) is 55.0 Å². The Labute approximate surface area is 181 Å². The number of allylic oxidation sites excluding steroid dienone is 1. The molecule has 0 aliphatic carbocycles. The van der Waals surface area contributed by atoms with E-state index in [9.17, 15) is 0 Å². The summed E-state index contributed by atoms with van der Waals surface area (Å²) in [7, 11) is 0. The van der Waals surface area contributed by atoms with Crippen molar-refractivity contribution in [3.05, 3.63) is 89.0 Å². The zero-order valence-electron chi connectivity index (χ0n) is 17.3. The first-order chi connectivity index (χ1) is 14.4. The first kappa shape index (κ1) is 20.1. The van der Waals surface area contributed by atoms with Crippen molar-refractivity contribution in [2.75, 3.05) is 0 Å². The van der Waals surface area contributed by atoms with Crippen LogP contribution in [-0.2, 0) is 5.41 Å². The molecule has 0 aliphatic rings. The molecule has 4 aromatic rings. The second-order valence-corrected chi connectivity index (χ2v) is 8.62. The van der Waals surface area contributed by atoms with Gasteiger partial charge in [-0.1, -0.05) is 62.7 Å². The van der Waals surface area contributed by atoms with Crippen molar-refractivity contribution in [1.82, 2.24) is 4.98 Å². The molecule has 30 heavy (non-hydrogen) atoms. The number of fused-ring (bicyclic) bond motifs is 1. The summed E-state index contributed by atoms with van der Waals surface area (Å²) in [5, 5.41) is 0.728. The second kappa shape index (κ2) is 8.29. The van der Waals surface area contributed by atoms with Gasteiger partial charge < -0.3 is 4.42 Å². The molecule has 0 atom stereocenters. The summed E-state index contributed by atoms with van der Waals surface area (Å²) >= 11 is 5.90. The molecule has 0 aliphatic heterocycles. The molecule has 150 valence electrons. The second-order valence-electron chi connectivity index (χ2n) is 8.19. The van der Waals surface area contributed by atoms with Crippen LogP contribution in [0.25, 0.3) is 28.6 Å². The molecule has 0 fully saturated rings. The number of benzene rings is 3. The van der Waals surface area contributed by atoms with Gasteiger partial charge in [-0.3, -0.25) is 4.99 Å². The van der Waals surface area contributed by atoms with Crippen molar-refractivity contribution in [2.45, 2.75) is 26.2 Å². The minimum atomic E-state index is 0.120. The van der Waals surface area contributed by atoms with Crippen LogP contribution in [0.15, 0.2) is 82.2 Å². The van der Waals surface area contributed by atoms with Crippen LogP contribution in [0.5, 0.6) is 0 Å². The Bertz CT molecular complexity index is 1210. The fourth-order valence-electron chi connectivity index (χ4n) is 3.09. The van der Waals surface area contributed by atoms with Gasteiger partial charge in [0.1, 0.15) is 5.52 Å². The van der Waals surface area contributed by atoms with Gasteiger partial charge in [-0.05, 0) is 65.1 Å². The summed E-state index contributed by atoms with van der Waals surface area (Å²) in [6, 6.07) is 21.8. The average molecular weight is 415 g/mol. The van der Waals surface area contributed by atoms with Crippen molar-refractivity contribution in [3.8, 4) is 11.5 Å². The summed E-state index contributed by atoms with van der Waals surface area (Å²) in [5.41, 5.74) is 5.81. The maximum absolute atomic E-state index is 5.94. The van der Waals surface area contributed by atoms with Gasteiger partial charge in [0, 0.05) is 16.8 Å². The van der Waals surface area contributed by atoms with Crippen LogP contribution in [0.3, 0.4) is 0 Å². The first-order valence-corrected chi connectivity index (χ1v) is 10.2. The molecular formula is C26H23ClN2O. The number of hydrogen-bond donors (Lipinski definition) is 0. The SMILES string of the molecule is CC(C)(C)c1ccc(-c2nc3cc(N=C/C=C/c4ccc(Cl)cc4)ccc3o2)cc1. The lowest BCUT2D eigenvalue weighted by Gasteiger charge is -2.18. The lowest BCUT2D eigenvalue weighted by molar-refractivity contribution is 0.589. The molecule has 0 saturated heterocycles. The van der Waals surface area contributed by atoms with E-state index < -0.39 is 0 Å². The van der Waals surface area contributed by atoms with Crippen molar-refractivity contribution < 1.29 is 4.42 Å². The topological polar surface area (TPSA) is 38.4 Å². The van der Waals surface area contributed by atoms with Gasteiger partial charge in [-0.2, -0.15) is 0 Å². The molecule has 4 heteroatoms. The summed E-state index contributed by atoms with van der Waals surface area (Å²) in [5.74, 6) is 0.620. The number of aromatic nitrogens is 1. The Hall–Kier alpha value is -3.17. The molecule has 0 radical (unpaired) electrons. The van der Waals surface area contributed by atoms with Gasteiger partial charge in [0.05, 0.1) is 5.69 Å². The van der Waals surface area contributed by atoms with Gasteiger partial charge in [0.25, 0.3) is 0 Å². The third-order valence-electron chi connectivity index (χ3n) is 4.84. The van der Waals surface area contributed by atoms with E-state index >= 15 is 0 Å². The smallest absolute Gasteiger partial charge is 0.227 e. The highest BCUT2D eigenvalue weighted by Gasteiger charge is 2.14. The molecule has 3 nitrogen and oxygen atoms in total. The molecule has 1 aromatic heterocycles. The third kappa shape index (κ3) is 4.69. The van der Waals surface area contributed by atoms with Crippen molar-refractivity contribution in [1.29, 1.82) is 0 Å². The Morgan fingerprint density at radius 3 is 2.37 bits per heavy atom. The van der Waals surface area contributed by atoms with Gasteiger partial charge in [-0.15, -0.1) is 0 Å². The minimum Gasteiger partial charge on any atom is -0.436 e. The fraction of sp³-hybridized carbons (Fsp3) is 0.154. The predicted molar refractivity (Wildman–Crippen MR) is 127 cm³/mol. The molecule has 0 spiro atoms. The largest absolute Gasteiger partial charge is 0.436 e. The molecule has 4 rings (SSSR count). The summed E-state index contributed by atoms with van der Waals surface area (Å²) in [6.07, 6.45) is 5.65. The van der Waals surface area contributed by atoms with Crippen LogP contribution in [0.1, 0.15) is 31.9 Å². The van der Waals surface area contributed by atoms with E-state index in [4.69, 9.17) is 16.0 Å². The van der Waals surface area contributed by atoms with Gasteiger partial charge >= 0.3 is 0 Å². The summed E-state index contributed by atoms with van der Waals surface area (Å²) in [4.78, 5) is 9.14. The first-order valence-electron chi connectivity index (χ1n) is 9.86. The van der Waals surface area contributed by atoms with E-state index in [1.807, 2.05) is 54.6 Å². The Morgan fingerprint density at radius 1 is 0.933 bits per heavy atom. The number of oxazole rings is 1. The molecule has 0 unspecified atom stereocenters. The predicted octanol–water partition coefficient (Wildman–Crippen LogP) is 7.86. The van der Waals surface area contributed by atoms with Gasteiger partial charge in [0.2, 0.25) is 5.89 Å². The zero-order chi connectivity index (χ0) is 21.1. The maximum Gasteiger partial charge on any atom is 0.227 e. The lowest BCUT2D eigenvalue weighted by Crippen LogP contribution is -2.10. The standard InChI is InChI=1S/C26H23ClN2O/c1-26(2,3)20-10-8-19(9-11-20)25-29-23-17-22(14-15-24(23)30-25)28-16-4-5-18-6-12-21(27)13-7-18/h4-17H,1-3H3/b5-4+,28-16?. The quantitative estimate of drug-likeness (QED) is 0.319. The van der Waals surface area contributed by atoms with Crippen LogP contribution < -0.4 is 0 Å². The number of halogens is 1. The van der Waals surface area contributed by atoms with E-state index in [0.29, 0.717) is 5.89 Å². The van der Waals surface area contributed by atoms with Gasteiger partial charge in [0.15, 0.2) is 5.58 Å². The monoisotopic (exact) mass is 414 g/mol. The van der Waals surface area contributed by atoms with E-state index in [1.165, 1.54) is 5.56 Å². The van der Waals surface area contributed by atoms with Crippen LogP contribution >= 0.6 is 11.6 Å². The molecule has 0 bridgehead atoms. The molecule has 0 amide bonds. The highest BCUT2D eigenvalue weighted by atomic mass is 35.5. The molecule has 1 heterocycles. The third-order valence-corrected chi connectivity index (χ3v) is 5.09. The van der Waals surface area contributed by atoms with Crippen molar-refractivity contribution in [2.24, 2.45) is 4.99 Å². The number of hydrogen-bond acceptors (Lipinski definition) is 3. The zero-order valence-corrected chi connectivity index (χ0v) is 18.0. The van der Waals surface area contributed by atoms with Crippen molar-refractivity contribution >= 4 is 40.7 Å². The Morgan fingerprint density at radius 2 is 1.67 bits per heavy atom. The van der Waals surface area contributed by atoms with E-state index in [1.54, 1.807) is 6.21 Å². The normalized spacial score (nSPS) is 12.4. The molecule has 3 aromatic carbocycles. The van der Waals surface area contributed by atoms with Gasteiger partial charge in [-0.25, -0.2) is 4.98 Å². The van der Waals surface area contributed by atoms with Crippen LogP contribution in [0.4, 0.5) is 5.69 Å². The summed E-state index contributed by atoms with van der Waals surface area (Å²) < 4.78 is 5.94. The summed E-state index contributed by atoms with van der Waals surface area (Å²) in [6.45, 7) is 6.61. The Kier molecular flexibility index (Phi) is 5.56. The number of nitrogens with zero attached hydrogens (tertiary/aromatic N) is 2. The number of rotatable bonds is 4. The van der Waals surface area contributed by atoms with E-state index in [-0.39, 0.29) is 5.41 Å². The van der Waals surface area contributed by atoms with Crippen LogP contribution in [0, 0.1) is 0 Å². The average Bonchev–Trinajstić information content (AvgIpc) is 3.15. The molecule has 0 N–H and O–H groups in total. The van der Waals surface area contributed by atoms with Crippen LogP contribution in [0.2, 0.25) is 5.02 Å². The van der Waals surface area contributed by atoms with Crippen molar-refractivity contribution in [3.63, 3.8) is 0 Å². The highest BCUT2D eigenvalue weighted by molar-refractivity contribution is 6.30. The maximum atomic E-state index is 5.94. The van der Waals surface area contributed by atoms with E-state index in [0.717, 1.165) is 32.9 Å². The lowest BCUT2D eigenvalue weighted by atomic mass is 9.87. The highest BCUT2D eigenvalue weighted by Crippen LogP contribution is 2.29. The molecule has 0 saturated carbocycles. The minimum absolute atomic E-state index is 0.120.